The number of alkyl halides is 3. The largest absolute Gasteiger partial charge is 0.434 e. The Hall–Kier alpha value is -2.29. The highest BCUT2D eigenvalue weighted by Crippen LogP contribution is 2.33. The van der Waals surface area contributed by atoms with E-state index in [2.05, 4.69) is 25.8 Å². The Labute approximate surface area is 140 Å². The van der Waals surface area contributed by atoms with Crippen LogP contribution in [0.25, 0.3) is 0 Å². The Morgan fingerprint density at radius 3 is 2.50 bits per heavy atom. The molecular weight excluding hydrogens is 347 g/mol. The van der Waals surface area contributed by atoms with Gasteiger partial charge < -0.3 is 0 Å². The van der Waals surface area contributed by atoms with E-state index in [9.17, 15) is 18.0 Å². The van der Waals surface area contributed by atoms with Crippen molar-refractivity contribution in [1.29, 1.82) is 0 Å². The second-order valence-electron chi connectivity index (χ2n) is 5.37. The predicted octanol–water partition coefficient (Wildman–Crippen LogP) is 4.55. The van der Waals surface area contributed by atoms with Crippen LogP contribution in [0.2, 0.25) is 5.02 Å². The minimum Gasteiger partial charge on any atom is -0.292 e. The van der Waals surface area contributed by atoms with Gasteiger partial charge in [0.1, 0.15) is 5.82 Å². The molecule has 2 aromatic rings. The van der Waals surface area contributed by atoms with Gasteiger partial charge in [0.05, 0.1) is 5.02 Å². The van der Waals surface area contributed by atoms with Gasteiger partial charge in [0.15, 0.2) is 11.5 Å². The number of carbonyl (C=O) groups excluding carboxylic acids is 1. The summed E-state index contributed by atoms with van der Waals surface area (Å²) in [5.41, 5.74) is 0.342. The third-order valence-corrected chi connectivity index (χ3v) is 3.52. The number of aromatic amines is 1. The summed E-state index contributed by atoms with van der Waals surface area (Å²) in [6.45, 7) is 5.69. The van der Waals surface area contributed by atoms with Crippen molar-refractivity contribution in [3.8, 4) is 0 Å². The van der Waals surface area contributed by atoms with Gasteiger partial charge >= 0.3 is 12.2 Å². The van der Waals surface area contributed by atoms with Gasteiger partial charge in [-0.15, -0.1) is 0 Å². The van der Waals surface area contributed by atoms with Gasteiger partial charge in [-0.1, -0.05) is 25.4 Å². The maximum atomic E-state index is 12.8. The third-order valence-electron chi connectivity index (χ3n) is 3.21. The molecule has 0 aliphatic rings. The first-order valence-corrected chi connectivity index (χ1v) is 7.34. The lowest BCUT2D eigenvalue weighted by Gasteiger charge is -2.11. The summed E-state index contributed by atoms with van der Waals surface area (Å²) in [5.74, 6) is 0.200. The zero-order chi connectivity index (χ0) is 18.1. The zero-order valence-corrected chi connectivity index (χ0v) is 13.8. The quantitative estimate of drug-likeness (QED) is 0.749. The molecule has 6 nitrogen and oxygen atoms in total. The maximum Gasteiger partial charge on any atom is 0.434 e. The summed E-state index contributed by atoms with van der Waals surface area (Å²) in [6, 6.07) is 1.43. The first-order chi connectivity index (χ1) is 11.1. The van der Waals surface area contributed by atoms with Crippen LogP contribution in [0.3, 0.4) is 0 Å². The van der Waals surface area contributed by atoms with Gasteiger partial charge in [0.25, 0.3) is 0 Å². The highest BCUT2D eigenvalue weighted by atomic mass is 35.5. The number of halogens is 4. The normalized spacial score (nSPS) is 11.7. The second kappa shape index (κ2) is 6.68. The van der Waals surface area contributed by atoms with Crippen LogP contribution in [0.1, 0.15) is 36.7 Å². The number of amides is 2. The van der Waals surface area contributed by atoms with E-state index < -0.39 is 22.9 Å². The van der Waals surface area contributed by atoms with Crippen molar-refractivity contribution in [2.24, 2.45) is 0 Å². The molecule has 130 valence electrons. The smallest absolute Gasteiger partial charge is 0.292 e. The number of pyridine rings is 1. The molecule has 0 fully saturated rings. The van der Waals surface area contributed by atoms with Crippen LogP contribution in [0, 0.1) is 6.92 Å². The Morgan fingerprint density at radius 2 is 1.96 bits per heavy atom. The summed E-state index contributed by atoms with van der Waals surface area (Å²) in [4.78, 5) is 15.3. The molecule has 0 aliphatic carbocycles. The average Bonchev–Trinajstić information content (AvgIpc) is 2.81. The number of carbonyl (C=O) groups is 1. The molecule has 0 unspecified atom stereocenters. The van der Waals surface area contributed by atoms with Crippen LogP contribution >= 0.6 is 11.6 Å². The van der Waals surface area contributed by atoms with Crippen molar-refractivity contribution >= 4 is 29.3 Å². The highest BCUT2D eigenvalue weighted by molar-refractivity contribution is 6.31. The fourth-order valence-electron chi connectivity index (χ4n) is 2.06. The number of anilines is 2. The van der Waals surface area contributed by atoms with Crippen molar-refractivity contribution in [3.63, 3.8) is 0 Å². The molecule has 0 aromatic carbocycles. The fourth-order valence-corrected chi connectivity index (χ4v) is 2.27. The van der Waals surface area contributed by atoms with Gasteiger partial charge in [-0.05, 0) is 25.0 Å². The first kappa shape index (κ1) is 18.1. The van der Waals surface area contributed by atoms with E-state index in [1.165, 1.54) is 6.07 Å². The van der Waals surface area contributed by atoms with Crippen LogP contribution in [-0.2, 0) is 6.18 Å². The van der Waals surface area contributed by atoms with Gasteiger partial charge in [-0.25, -0.2) is 9.78 Å². The lowest BCUT2D eigenvalue weighted by atomic mass is 10.1. The van der Waals surface area contributed by atoms with Gasteiger partial charge in [0, 0.05) is 11.3 Å². The van der Waals surface area contributed by atoms with Gasteiger partial charge in [-0.2, -0.15) is 18.3 Å². The molecule has 0 spiro atoms. The van der Waals surface area contributed by atoms with Crippen LogP contribution in [0.5, 0.6) is 0 Å². The Bertz CT molecular complexity index is 757. The number of aromatic nitrogens is 3. The van der Waals surface area contributed by atoms with Crippen LogP contribution in [-0.4, -0.2) is 21.2 Å². The van der Waals surface area contributed by atoms with E-state index >= 15 is 0 Å². The molecule has 2 aromatic heterocycles. The molecule has 2 heterocycles. The number of hydrogen-bond donors (Lipinski definition) is 3. The Morgan fingerprint density at radius 1 is 1.29 bits per heavy atom. The lowest BCUT2D eigenvalue weighted by molar-refractivity contribution is -0.141. The van der Waals surface area contributed by atoms with Crippen molar-refractivity contribution < 1.29 is 18.0 Å². The molecular formula is C14H15ClF3N5O. The predicted molar refractivity (Wildman–Crippen MR) is 84.3 cm³/mol. The minimum atomic E-state index is -4.71. The molecule has 10 heteroatoms. The lowest BCUT2D eigenvalue weighted by Crippen LogP contribution is -2.21. The van der Waals surface area contributed by atoms with Crippen LogP contribution in [0.4, 0.5) is 29.6 Å². The minimum absolute atomic E-state index is 0.184. The number of rotatable bonds is 3. The molecule has 0 atom stereocenters. The average molecular weight is 362 g/mol. The number of nitrogens with one attached hydrogen (secondary N) is 3. The third kappa shape index (κ3) is 3.97. The molecule has 2 rings (SSSR count). The van der Waals surface area contributed by atoms with E-state index in [1.807, 2.05) is 13.8 Å². The first-order valence-electron chi connectivity index (χ1n) is 6.96. The van der Waals surface area contributed by atoms with E-state index in [-0.39, 0.29) is 11.7 Å². The molecule has 2 amide bonds. The standard InChI is InChI=1S/C14H15ClF3N5O/c1-6(2)10-7(3)12(23-22-10)21-13(24)20-9-5-4-8(15)11(19-9)14(16,17)18/h4-6H,1-3H3,(H3,19,20,21,22,23,24). The highest BCUT2D eigenvalue weighted by Gasteiger charge is 2.35. The SMILES string of the molecule is Cc1c(NC(=O)Nc2ccc(Cl)c(C(F)(F)F)n2)n[nH]c1C(C)C. The zero-order valence-electron chi connectivity index (χ0n) is 13.0. The van der Waals surface area contributed by atoms with E-state index in [0.717, 1.165) is 17.3 Å². The Kier molecular flexibility index (Phi) is 5.02. The molecule has 3 N–H and O–H groups in total. The van der Waals surface area contributed by atoms with Crippen molar-refractivity contribution in [1.82, 2.24) is 15.2 Å². The van der Waals surface area contributed by atoms with Crippen molar-refractivity contribution in [2.45, 2.75) is 32.9 Å². The number of H-pyrrole nitrogens is 1. The molecule has 0 saturated carbocycles. The van der Waals surface area contributed by atoms with E-state index in [4.69, 9.17) is 11.6 Å². The number of hydrogen-bond acceptors (Lipinski definition) is 3. The molecule has 0 radical (unpaired) electrons. The summed E-state index contributed by atoms with van der Waals surface area (Å²) in [6.07, 6.45) is -4.71. The van der Waals surface area contributed by atoms with Crippen LogP contribution in [0.15, 0.2) is 12.1 Å². The van der Waals surface area contributed by atoms with Gasteiger partial charge in [0.2, 0.25) is 0 Å². The topological polar surface area (TPSA) is 82.7 Å². The van der Waals surface area contributed by atoms with E-state index in [0.29, 0.717) is 5.82 Å². The molecule has 0 bridgehead atoms. The van der Waals surface area contributed by atoms with Crippen LogP contribution < -0.4 is 10.6 Å². The number of nitrogens with zero attached hydrogens (tertiary/aromatic N) is 2. The monoisotopic (exact) mass is 361 g/mol. The fraction of sp³-hybridized carbons (Fsp3) is 0.357. The van der Waals surface area contributed by atoms with Crippen molar-refractivity contribution in [2.75, 3.05) is 10.6 Å². The Balaban J connectivity index is 2.13. The molecule has 0 aliphatic heterocycles. The van der Waals surface area contributed by atoms with Gasteiger partial charge in [-0.3, -0.25) is 15.7 Å². The molecule has 24 heavy (non-hydrogen) atoms. The second-order valence-corrected chi connectivity index (χ2v) is 5.78. The van der Waals surface area contributed by atoms with E-state index in [1.54, 1.807) is 6.92 Å². The number of urea groups is 1. The van der Waals surface area contributed by atoms with Crippen molar-refractivity contribution in [3.05, 3.63) is 34.1 Å². The summed E-state index contributed by atoms with van der Waals surface area (Å²) in [7, 11) is 0. The summed E-state index contributed by atoms with van der Waals surface area (Å²) >= 11 is 5.48. The molecule has 0 saturated heterocycles. The maximum absolute atomic E-state index is 12.8. The summed E-state index contributed by atoms with van der Waals surface area (Å²) in [5, 5.41) is 10.9. The summed E-state index contributed by atoms with van der Waals surface area (Å²) < 4.78 is 38.3.